The van der Waals surface area contributed by atoms with Crippen LogP contribution < -0.4 is 14.8 Å². The third kappa shape index (κ3) is 5.83. The first-order valence-electron chi connectivity index (χ1n) is 10.3. The summed E-state index contributed by atoms with van der Waals surface area (Å²) in [7, 11) is 1.50. The lowest BCUT2D eigenvalue weighted by Crippen LogP contribution is -2.14. The molecule has 7 heteroatoms. The van der Waals surface area contributed by atoms with Gasteiger partial charge in [-0.15, -0.1) is 0 Å². The minimum Gasteiger partial charge on any atom is -0.493 e. The number of nitrogens with one attached hydrogen (secondary N) is 1. The number of carbonyl (C=O) groups is 1. The molecule has 0 aliphatic heterocycles. The number of amides is 1. The molecule has 0 spiro atoms. The van der Waals surface area contributed by atoms with Crippen LogP contribution in [0.5, 0.6) is 11.5 Å². The fourth-order valence-corrected chi connectivity index (χ4v) is 3.73. The molecule has 0 fully saturated rings. The Bertz CT molecular complexity index is 1350. The largest absolute Gasteiger partial charge is 0.493 e. The second-order valence-electron chi connectivity index (χ2n) is 7.52. The van der Waals surface area contributed by atoms with Crippen LogP contribution in [0.3, 0.4) is 0 Å². The van der Waals surface area contributed by atoms with Gasteiger partial charge in [-0.25, -0.2) is 0 Å². The van der Waals surface area contributed by atoms with Crippen molar-refractivity contribution in [1.82, 2.24) is 0 Å². The SMILES string of the molecule is COc1cc(/C=C(\C#N)C(=O)Nc2ccc(C)cc2C)c(Br)cc1OCc1ccccc1C#N. The van der Waals surface area contributed by atoms with E-state index in [0.29, 0.717) is 32.8 Å². The molecule has 3 aromatic rings. The molecule has 0 aromatic heterocycles. The molecule has 0 saturated carbocycles. The highest BCUT2D eigenvalue weighted by Gasteiger charge is 2.15. The number of hydrogen-bond donors (Lipinski definition) is 1. The van der Waals surface area contributed by atoms with Gasteiger partial charge in [-0.05, 0) is 55.3 Å². The van der Waals surface area contributed by atoms with Gasteiger partial charge in [-0.1, -0.05) is 51.8 Å². The first kappa shape index (κ1) is 24.6. The van der Waals surface area contributed by atoms with E-state index >= 15 is 0 Å². The second-order valence-corrected chi connectivity index (χ2v) is 8.38. The van der Waals surface area contributed by atoms with Gasteiger partial charge >= 0.3 is 0 Å². The van der Waals surface area contributed by atoms with Crippen molar-refractivity contribution in [2.75, 3.05) is 12.4 Å². The molecule has 1 N–H and O–H groups in total. The molecule has 34 heavy (non-hydrogen) atoms. The number of ether oxygens (including phenoxy) is 2. The smallest absolute Gasteiger partial charge is 0.266 e. The van der Waals surface area contributed by atoms with Gasteiger partial charge < -0.3 is 14.8 Å². The number of nitriles is 2. The fourth-order valence-electron chi connectivity index (χ4n) is 3.29. The summed E-state index contributed by atoms with van der Waals surface area (Å²) in [5.41, 5.74) is 4.45. The molecule has 0 aliphatic rings. The molecule has 0 radical (unpaired) electrons. The summed E-state index contributed by atoms with van der Waals surface area (Å²) in [5.74, 6) is 0.377. The number of rotatable bonds is 7. The summed E-state index contributed by atoms with van der Waals surface area (Å²) >= 11 is 3.48. The second kappa shape index (κ2) is 11.2. The van der Waals surface area contributed by atoms with Gasteiger partial charge in [-0.3, -0.25) is 4.79 Å². The minimum absolute atomic E-state index is 0.0562. The van der Waals surface area contributed by atoms with Crippen LogP contribution in [0, 0.1) is 36.5 Å². The molecule has 6 nitrogen and oxygen atoms in total. The Kier molecular flexibility index (Phi) is 8.08. The normalized spacial score (nSPS) is 10.7. The van der Waals surface area contributed by atoms with Crippen molar-refractivity contribution in [1.29, 1.82) is 10.5 Å². The molecule has 170 valence electrons. The van der Waals surface area contributed by atoms with Gasteiger partial charge in [0, 0.05) is 15.7 Å². The van der Waals surface area contributed by atoms with Gasteiger partial charge in [0.05, 0.1) is 18.7 Å². The lowest BCUT2D eigenvalue weighted by atomic mass is 10.1. The van der Waals surface area contributed by atoms with Crippen molar-refractivity contribution in [3.63, 3.8) is 0 Å². The maximum absolute atomic E-state index is 12.7. The van der Waals surface area contributed by atoms with Gasteiger partial charge in [0.1, 0.15) is 18.2 Å². The number of nitrogens with zero attached hydrogens (tertiary/aromatic N) is 2. The highest BCUT2D eigenvalue weighted by Crippen LogP contribution is 2.35. The molecular weight excluding hydrogens is 494 g/mol. The average molecular weight is 516 g/mol. The monoisotopic (exact) mass is 515 g/mol. The highest BCUT2D eigenvalue weighted by atomic mass is 79.9. The predicted octanol–water partition coefficient (Wildman–Crippen LogP) is 6.07. The van der Waals surface area contributed by atoms with Crippen LogP contribution in [0.15, 0.2) is 64.6 Å². The number of aryl methyl sites for hydroxylation is 2. The standard InChI is InChI=1S/C27H22BrN3O3/c1-17-8-9-24(18(2)10-17)31-27(32)22(15-30)11-21-12-25(33-3)26(13-23(21)28)34-16-20-7-5-4-6-19(20)14-29/h4-13H,16H2,1-3H3,(H,31,32)/b22-11+. The van der Waals surface area contributed by atoms with Crippen molar-refractivity contribution in [3.8, 4) is 23.6 Å². The molecular formula is C27H22BrN3O3. The summed E-state index contributed by atoms with van der Waals surface area (Å²) in [6.45, 7) is 4.05. The molecule has 0 saturated heterocycles. The molecule has 3 rings (SSSR count). The molecule has 0 aliphatic carbocycles. The van der Waals surface area contributed by atoms with E-state index in [2.05, 4.69) is 27.3 Å². The van der Waals surface area contributed by atoms with Crippen molar-refractivity contribution in [2.45, 2.75) is 20.5 Å². The lowest BCUT2D eigenvalue weighted by molar-refractivity contribution is -0.112. The van der Waals surface area contributed by atoms with Crippen LogP contribution in [0.25, 0.3) is 6.08 Å². The zero-order valence-corrected chi connectivity index (χ0v) is 20.6. The van der Waals surface area contributed by atoms with Crippen molar-refractivity contribution in [3.05, 3.63) is 92.5 Å². The van der Waals surface area contributed by atoms with E-state index in [0.717, 1.165) is 16.7 Å². The van der Waals surface area contributed by atoms with Gasteiger partial charge in [0.25, 0.3) is 5.91 Å². The summed E-state index contributed by atoms with van der Waals surface area (Å²) < 4.78 is 12.0. The first-order chi connectivity index (χ1) is 16.4. The molecule has 1 amide bonds. The third-order valence-electron chi connectivity index (χ3n) is 5.10. The van der Waals surface area contributed by atoms with Gasteiger partial charge in [0.15, 0.2) is 11.5 Å². The van der Waals surface area contributed by atoms with E-state index in [4.69, 9.17) is 9.47 Å². The number of carbonyl (C=O) groups excluding carboxylic acids is 1. The molecule has 0 heterocycles. The molecule has 0 unspecified atom stereocenters. The highest BCUT2D eigenvalue weighted by molar-refractivity contribution is 9.10. The van der Waals surface area contributed by atoms with Crippen LogP contribution in [-0.4, -0.2) is 13.0 Å². The van der Waals surface area contributed by atoms with Crippen LogP contribution in [-0.2, 0) is 11.4 Å². The van der Waals surface area contributed by atoms with Crippen LogP contribution >= 0.6 is 15.9 Å². The maximum atomic E-state index is 12.7. The van der Waals surface area contributed by atoms with E-state index in [1.807, 2.05) is 50.2 Å². The van der Waals surface area contributed by atoms with Crippen LogP contribution in [0.2, 0.25) is 0 Å². The Balaban J connectivity index is 1.85. The number of methoxy groups -OCH3 is 1. The van der Waals surface area contributed by atoms with E-state index in [9.17, 15) is 15.3 Å². The molecule has 0 atom stereocenters. The van der Waals surface area contributed by atoms with Gasteiger partial charge in [0.2, 0.25) is 0 Å². The number of halogens is 1. The summed E-state index contributed by atoms with van der Waals surface area (Å²) in [6.07, 6.45) is 1.49. The Morgan fingerprint density at radius 3 is 2.53 bits per heavy atom. The van der Waals surface area contributed by atoms with Crippen molar-refractivity contribution < 1.29 is 14.3 Å². The van der Waals surface area contributed by atoms with E-state index in [1.165, 1.54) is 13.2 Å². The summed E-state index contributed by atoms with van der Waals surface area (Å²) in [5, 5.41) is 21.7. The van der Waals surface area contributed by atoms with Crippen molar-refractivity contribution in [2.24, 2.45) is 0 Å². The van der Waals surface area contributed by atoms with E-state index in [1.54, 1.807) is 24.3 Å². The zero-order valence-electron chi connectivity index (χ0n) is 19.0. The lowest BCUT2D eigenvalue weighted by Gasteiger charge is -2.14. The number of benzene rings is 3. The minimum atomic E-state index is -0.506. The average Bonchev–Trinajstić information content (AvgIpc) is 2.83. The van der Waals surface area contributed by atoms with E-state index in [-0.39, 0.29) is 12.2 Å². The van der Waals surface area contributed by atoms with Crippen LogP contribution in [0.1, 0.15) is 27.8 Å². The van der Waals surface area contributed by atoms with Crippen molar-refractivity contribution >= 4 is 33.6 Å². The Labute approximate surface area is 207 Å². The first-order valence-corrected chi connectivity index (χ1v) is 11.1. The summed E-state index contributed by atoms with van der Waals surface area (Å²) in [4.78, 5) is 12.7. The molecule has 3 aromatic carbocycles. The Morgan fingerprint density at radius 2 is 1.85 bits per heavy atom. The fraction of sp³-hybridized carbons (Fsp3) is 0.148. The topological polar surface area (TPSA) is 95.1 Å². The predicted molar refractivity (Wildman–Crippen MR) is 134 cm³/mol. The van der Waals surface area contributed by atoms with E-state index < -0.39 is 5.91 Å². The Morgan fingerprint density at radius 1 is 1.09 bits per heavy atom. The zero-order chi connectivity index (χ0) is 24.7. The van der Waals surface area contributed by atoms with Crippen LogP contribution in [0.4, 0.5) is 5.69 Å². The number of hydrogen-bond acceptors (Lipinski definition) is 5. The summed E-state index contributed by atoms with van der Waals surface area (Å²) in [6, 6.07) is 20.4. The quantitative estimate of drug-likeness (QED) is 0.304. The molecule has 0 bridgehead atoms. The maximum Gasteiger partial charge on any atom is 0.266 e. The third-order valence-corrected chi connectivity index (χ3v) is 5.79. The Hall–Kier alpha value is -4.07. The number of anilines is 1. The van der Waals surface area contributed by atoms with Gasteiger partial charge in [-0.2, -0.15) is 10.5 Å².